The molecular formula is C10H14N2O. The van der Waals surface area contributed by atoms with E-state index >= 15 is 0 Å². The number of nitrogens with one attached hydrogen (secondary N) is 1. The zero-order chi connectivity index (χ0) is 9.68. The van der Waals surface area contributed by atoms with E-state index in [0.29, 0.717) is 6.42 Å². The molecule has 0 bridgehead atoms. The van der Waals surface area contributed by atoms with Gasteiger partial charge in [0, 0.05) is 12.0 Å². The van der Waals surface area contributed by atoms with Crippen LogP contribution in [0.4, 0.5) is 0 Å². The second-order valence-corrected chi connectivity index (χ2v) is 3.41. The standard InChI is InChI=1S/C10H14N2O/c1-8(6-7-11)12-10(13)9-4-2-3-5-9/h2-3,8-9H,4-6H2,1H3,(H,12,13). The van der Waals surface area contributed by atoms with Gasteiger partial charge in [0.2, 0.25) is 5.91 Å². The van der Waals surface area contributed by atoms with Crippen molar-refractivity contribution in [2.24, 2.45) is 5.92 Å². The number of carbonyl (C=O) groups excluding carboxylic acids is 1. The van der Waals surface area contributed by atoms with Gasteiger partial charge in [0.1, 0.15) is 0 Å². The summed E-state index contributed by atoms with van der Waals surface area (Å²) in [7, 11) is 0. The Morgan fingerprint density at radius 1 is 1.69 bits per heavy atom. The average Bonchev–Trinajstić information content (AvgIpc) is 2.55. The minimum atomic E-state index is -0.0295. The summed E-state index contributed by atoms with van der Waals surface area (Å²) in [6.07, 6.45) is 6.11. The minimum Gasteiger partial charge on any atom is -0.352 e. The molecule has 0 saturated carbocycles. The van der Waals surface area contributed by atoms with Crippen LogP contribution < -0.4 is 5.32 Å². The third-order valence-corrected chi connectivity index (χ3v) is 2.16. The Hall–Kier alpha value is -1.30. The van der Waals surface area contributed by atoms with E-state index in [2.05, 4.69) is 5.32 Å². The fourth-order valence-corrected chi connectivity index (χ4v) is 1.38. The zero-order valence-electron chi connectivity index (χ0n) is 7.79. The first-order valence-electron chi connectivity index (χ1n) is 4.56. The van der Waals surface area contributed by atoms with Crippen molar-refractivity contribution in [2.75, 3.05) is 0 Å². The third-order valence-electron chi connectivity index (χ3n) is 2.16. The van der Waals surface area contributed by atoms with Gasteiger partial charge in [-0.15, -0.1) is 0 Å². The Morgan fingerprint density at radius 3 is 2.85 bits per heavy atom. The smallest absolute Gasteiger partial charge is 0.223 e. The molecule has 0 fully saturated rings. The van der Waals surface area contributed by atoms with Crippen LogP contribution in [-0.4, -0.2) is 11.9 Å². The minimum absolute atomic E-state index is 0.0295. The Morgan fingerprint density at radius 2 is 2.31 bits per heavy atom. The molecular weight excluding hydrogens is 164 g/mol. The van der Waals surface area contributed by atoms with Crippen LogP contribution in [0.15, 0.2) is 12.2 Å². The lowest BCUT2D eigenvalue weighted by Crippen LogP contribution is -2.36. The molecule has 3 nitrogen and oxygen atoms in total. The van der Waals surface area contributed by atoms with Crippen molar-refractivity contribution >= 4 is 5.91 Å². The number of hydrogen-bond donors (Lipinski definition) is 1. The maximum atomic E-state index is 11.5. The van der Waals surface area contributed by atoms with Gasteiger partial charge in [0.25, 0.3) is 0 Å². The average molecular weight is 178 g/mol. The second-order valence-electron chi connectivity index (χ2n) is 3.41. The van der Waals surface area contributed by atoms with Gasteiger partial charge in [-0.1, -0.05) is 12.2 Å². The molecule has 3 heteroatoms. The summed E-state index contributed by atoms with van der Waals surface area (Å²) in [6, 6.07) is 2.00. The van der Waals surface area contributed by atoms with E-state index in [9.17, 15) is 4.79 Å². The Bertz CT molecular complexity index is 244. The highest BCUT2D eigenvalue weighted by atomic mass is 16.1. The maximum absolute atomic E-state index is 11.5. The normalized spacial score (nSPS) is 18.2. The largest absolute Gasteiger partial charge is 0.352 e. The quantitative estimate of drug-likeness (QED) is 0.663. The first kappa shape index (κ1) is 9.79. The van der Waals surface area contributed by atoms with Crippen LogP contribution in [-0.2, 0) is 4.79 Å². The summed E-state index contributed by atoms with van der Waals surface area (Å²) in [6.45, 7) is 1.85. The Labute approximate surface area is 78.4 Å². The van der Waals surface area contributed by atoms with Crippen LogP contribution in [0, 0.1) is 17.2 Å². The molecule has 13 heavy (non-hydrogen) atoms. The molecule has 0 aromatic carbocycles. The molecule has 1 N–H and O–H groups in total. The van der Waals surface area contributed by atoms with E-state index in [1.807, 2.05) is 25.1 Å². The van der Waals surface area contributed by atoms with Crippen molar-refractivity contribution in [3.05, 3.63) is 12.2 Å². The Kier molecular flexibility index (Phi) is 3.51. The van der Waals surface area contributed by atoms with Crippen molar-refractivity contribution < 1.29 is 4.79 Å². The molecule has 1 aliphatic rings. The van der Waals surface area contributed by atoms with Crippen LogP contribution in [0.1, 0.15) is 26.2 Å². The molecule has 1 amide bonds. The molecule has 0 radical (unpaired) electrons. The van der Waals surface area contributed by atoms with Crippen molar-refractivity contribution in [1.82, 2.24) is 5.32 Å². The number of hydrogen-bond acceptors (Lipinski definition) is 2. The van der Waals surface area contributed by atoms with Gasteiger partial charge in [-0.2, -0.15) is 5.26 Å². The molecule has 0 aromatic heterocycles. The lowest BCUT2D eigenvalue weighted by atomic mass is 10.1. The molecule has 0 heterocycles. The van der Waals surface area contributed by atoms with Gasteiger partial charge in [0.15, 0.2) is 0 Å². The lowest BCUT2D eigenvalue weighted by Gasteiger charge is -2.14. The molecule has 1 unspecified atom stereocenters. The number of amides is 1. The van der Waals surface area contributed by atoms with Crippen LogP contribution in [0.5, 0.6) is 0 Å². The van der Waals surface area contributed by atoms with Gasteiger partial charge in [-0.3, -0.25) is 4.79 Å². The van der Waals surface area contributed by atoms with E-state index in [4.69, 9.17) is 5.26 Å². The van der Waals surface area contributed by atoms with E-state index in [1.165, 1.54) is 0 Å². The highest BCUT2D eigenvalue weighted by molar-refractivity contribution is 5.79. The predicted molar refractivity (Wildman–Crippen MR) is 49.7 cm³/mol. The fourth-order valence-electron chi connectivity index (χ4n) is 1.38. The van der Waals surface area contributed by atoms with Crippen LogP contribution in [0.25, 0.3) is 0 Å². The van der Waals surface area contributed by atoms with Crippen molar-refractivity contribution in [1.29, 1.82) is 5.26 Å². The summed E-state index contributed by atoms with van der Waals surface area (Å²) in [5.74, 6) is 0.175. The molecule has 70 valence electrons. The molecule has 0 saturated heterocycles. The number of nitrogens with zero attached hydrogens (tertiary/aromatic N) is 1. The van der Waals surface area contributed by atoms with E-state index in [1.54, 1.807) is 0 Å². The van der Waals surface area contributed by atoms with Gasteiger partial charge in [-0.25, -0.2) is 0 Å². The topological polar surface area (TPSA) is 52.9 Å². The van der Waals surface area contributed by atoms with Gasteiger partial charge in [-0.05, 0) is 19.8 Å². The first-order valence-corrected chi connectivity index (χ1v) is 4.56. The van der Waals surface area contributed by atoms with E-state index < -0.39 is 0 Å². The van der Waals surface area contributed by atoms with E-state index in [-0.39, 0.29) is 17.9 Å². The van der Waals surface area contributed by atoms with Crippen molar-refractivity contribution in [3.8, 4) is 6.07 Å². The molecule has 0 aliphatic heterocycles. The lowest BCUT2D eigenvalue weighted by molar-refractivity contribution is -0.125. The summed E-state index contributed by atoms with van der Waals surface area (Å²) in [5, 5.41) is 11.2. The maximum Gasteiger partial charge on any atom is 0.223 e. The van der Waals surface area contributed by atoms with Gasteiger partial charge >= 0.3 is 0 Å². The number of carbonyl (C=O) groups is 1. The molecule has 1 aliphatic carbocycles. The monoisotopic (exact) mass is 178 g/mol. The molecule has 0 spiro atoms. The number of allylic oxidation sites excluding steroid dienone is 2. The summed E-state index contributed by atoms with van der Waals surface area (Å²) >= 11 is 0. The van der Waals surface area contributed by atoms with Crippen LogP contribution in [0.2, 0.25) is 0 Å². The van der Waals surface area contributed by atoms with Crippen LogP contribution in [0.3, 0.4) is 0 Å². The van der Waals surface area contributed by atoms with Crippen molar-refractivity contribution in [3.63, 3.8) is 0 Å². The molecule has 1 atom stereocenters. The highest BCUT2D eigenvalue weighted by Crippen LogP contribution is 2.17. The van der Waals surface area contributed by atoms with Crippen LogP contribution >= 0.6 is 0 Å². The fraction of sp³-hybridized carbons (Fsp3) is 0.600. The second kappa shape index (κ2) is 4.66. The third kappa shape index (κ3) is 2.90. The molecule has 1 rings (SSSR count). The Balaban J connectivity index is 2.29. The SMILES string of the molecule is CC(CC#N)NC(=O)C1CC=CC1. The number of rotatable bonds is 3. The summed E-state index contributed by atoms with van der Waals surface area (Å²) in [4.78, 5) is 11.5. The van der Waals surface area contributed by atoms with Gasteiger partial charge < -0.3 is 5.32 Å². The summed E-state index contributed by atoms with van der Waals surface area (Å²) in [5.41, 5.74) is 0. The van der Waals surface area contributed by atoms with Gasteiger partial charge in [0.05, 0.1) is 12.5 Å². The summed E-state index contributed by atoms with van der Waals surface area (Å²) < 4.78 is 0. The number of nitriles is 1. The first-order chi connectivity index (χ1) is 6.24. The molecule has 0 aromatic rings. The van der Waals surface area contributed by atoms with Crippen molar-refractivity contribution in [2.45, 2.75) is 32.2 Å². The highest BCUT2D eigenvalue weighted by Gasteiger charge is 2.19. The van der Waals surface area contributed by atoms with E-state index in [0.717, 1.165) is 12.8 Å². The predicted octanol–water partition coefficient (Wildman–Crippen LogP) is 1.37. The zero-order valence-corrected chi connectivity index (χ0v) is 7.79.